The molecule has 266 valence electrons. The van der Waals surface area contributed by atoms with Crippen LogP contribution in [0.2, 0.25) is 0 Å². The van der Waals surface area contributed by atoms with Crippen LogP contribution < -0.4 is 16.0 Å². The standard InChI is InChI=1S/C40H38N4O5S3/c1-3-33(38(47)43-39-35(40(48)49-2)31-19-20-44(25-34(31)52-39)24-26-12-6-4-7-13-26)51-30-17-10-16-28(22-30)41-37(46)32(23-29-18-11-21-50-29)42-36(45)27-14-8-5-9-15-27/h4-18,21-23,33H,3,19-20,24-25H2,1-2H3,(H,41,46)(H,42,45)(H,43,47)/b32-23-. The number of anilines is 2. The van der Waals surface area contributed by atoms with E-state index in [2.05, 4.69) is 33.0 Å². The van der Waals surface area contributed by atoms with Crippen LogP contribution in [0.15, 0.2) is 113 Å². The van der Waals surface area contributed by atoms with Crippen molar-refractivity contribution in [3.63, 3.8) is 0 Å². The van der Waals surface area contributed by atoms with E-state index in [4.69, 9.17) is 4.74 Å². The van der Waals surface area contributed by atoms with Crippen LogP contribution in [0, 0.1) is 0 Å². The Hall–Kier alpha value is -5.01. The van der Waals surface area contributed by atoms with E-state index in [9.17, 15) is 19.2 Å². The molecule has 52 heavy (non-hydrogen) atoms. The summed E-state index contributed by atoms with van der Waals surface area (Å²) < 4.78 is 5.16. The van der Waals surface area contributed by atoms with Gasteiger partial charge in [0.2, 0.25) is 5.91 Å². The number of nitrogens with zero attached hydrogens (tertiary/aromatic N) is 1. The molecule has 12 heteroatoms. The molecule has 0 radical (unpaired) electrons. The third-order valence-electron chi connectivity index (χ3n) is 8.40. The van der Waals surface area contributed by atoms with E-state index >= 15 is 0 Å². The molecular weight excluding hydrogens is 713 g/mol. The van der Waals surface area contributed by atoms with Crippen molar-refractivity contribution in [2.75, 3.05) is 24.3 Å². The topological polar surface area (TPSA) is 117 Å². The van der Waals surface area contributed by atoms with Crippen molar-refractivity contribution in [2.24, 2.45) is 0 Å². The molecule has 3 N–H and O–H groups in total. The maximum atomic E-state index is 13.7. The zero-order valence-electron chi connectivity index (χ0n) is 28.7. The van der Waals surface area contributed by atoms with E-state index in [-0.39, 0.29) is 11.6 Å². The first-order chi connectivity index (χ1) is 25.3. The van der Waals surface area contributed by atoms with E-state index in [0.717, 1.165) is 33.3 Å². The molecule has 0 aliphatic carbocycles. The van der Waals surface area contributed by atoms with Crippen LogP contribution in [0.3, 0.4) is 0 Å². The molecule has 2 aromatic heterocycles. The largest absolute Gasteiger partial charge is 0.465 e. The van der Waals surface area contributed by atoms with Gasteiger partial charge in [0.05, 0.1) is 17.9 Å². The molecule has 1 aliphatic heterocycles. The fourth-order valence-corrected chi connectivity index (χ4v) is 8.77. The number of ether oxygens (including phenoxy) is 1. The number of carbonyl (C=O) groups excluding carboxylic acids is 4. The zero-order valence-corrected chi connectivity index (χ0v) is 31.2. The van der Waals surface area contributed by atoms with Gasteiger partial charge in [-0.1, -0.05) is 67.6 Å². The van der Waals surface area contributed by atoms with Crippen molar-refractivity contribution in [2.45, 2.75) is 43.0 Å². The Bertz CT molecular complexity index is 2060. The highest BCUT2D eigenvalue weighted by Crippen LogP contribution is 2.39. The predicted octanol–water partition coefficient (Wildman–Crippen LogP) is 8.07. The molecule has 5 aromatic rings. The van der Waals surface area contributed by atoms with Gasteiger partial charge in [0.15, 0.2) is 0 Å². The second-order valence-corrected chi connectivity index (χ2v) is 15.4. The van der Waals surface area contributed by atoms with Gasteiger partial charge in [0.1, 0.15) is 10.7 Å². The second kappa shape index (κ2) is 17.5. The van der Waals surface area contributed by atoms with Crippen molar-refractivity contribution >= 4 is 74.9 Å². The van der Waals surface area contributed by atoms with Crippen molar-refractivity contribution in [1.82, 2.24) is 10.2 Å². The van der Waals surface area contributed by atoms with Gasteiger partial charge in [0, 0.05) is 45.5 Å². The number of carbonyl (C=O) groups is 4. The Morgan fingerprint density at radius 2 is 1.71 bits per heavy atom. The molecule has 3 amide bonds. The van der Waals surface area contributed by atoms with Crippen molar-refractivity contribution < 1.29 is 23.9 Å². The first-order valence-corrected chi connectivity index (χ1v) is 19.4. The smallest absolute Gasteiger partial charge is 0.341 e. The Balaban J connectivity index is 1.14. The molecule has 0 bridgehead atoms. The highest BCUT2D eigenvalue weighted by atomic mass is 32.2. The number of methoxy groups -OCH3 is 1. The molecule has 0 saturated carbocycles. The minimum Gasteiger partial charge on any atom is -0.465 e. The Morgan fingerprint density at radius 3 is 2.42 bits per heavy atom. The van der Waals surface area contributed by atoms with E-state index < -0.39 is 23.0 Å². The van der Waals surface area contributed by atoms with Gasteiger partial charge < -0.3 is 20.7 Å². The predicted molar refractivity (Wildman–Crippen MR) is 210 cm³/mol. The Kier molecular flexibility index (Phi) is 12.4. The number of fused-ring (bicyclic) bond motifs is 1. The molecule has 1 unspecified atom stereocenters. The van der Waals surface area contributed by atoms with Crippen LogP contribution in [0.5, 0.6) is 0 Å². The fraction of sp³-hybridized carbons (Fsp3) is 0.200. The molecular formula is C40H38N4O5S3. The lowest BCUT2D eigenvalue weighted by Gasteiger charge is -2.27. The summed E-state index contributed by atoms with van der Waals surface area (Å²) in [7, 11) is 1.36. The highest BCUT2D eigenvalue weighted by molar-refractivity contribution is 8.00. The summed E-state index contributed by atoms with van der Waals surface area (Å²) in [5.41, 5.74) is 3.64. The summed E-state index contributed by atoms with van der Waals surface area (Å²) >= 11 is 4.25. The van der Waals surface area contributed by atoms with Gasteiger partial charge in [0.25, 0.3) is 11.8 Å². The molecule has 1 aliphatic rings. The molecule has 3 aromatic carbocycles. The van der Waals surface area contributed by atoms with Crippen LogP contribution in [0.25, 0.3) is 6.08 Å². The number of esters is 1. The molecule has 0 spiro atoms. The van der Waals surface area contributed by atoms with Crippen molar-refractivity contribution in [3.05, 3.63) is 140 Å². The number of thiophene rings is 2. The van der Waals surface area contributed by atoms with Crippen LogP contribution in [-0.2, 0) is 33.8 Å². The molecule has 6 rings (SSSR count). The van der Waals surface area contributed by atoms with Crippen LogP contribution in [0.1, 0.15) is 54.9 Å². The number of benzene rings is 3. The quantitative estimate of drug-likeness (QED) is 0.0633. The lowest BCUT2D eigenvalue weighted by atomic mass is 10.0. The summed E-state index contributed by atoms with van der Waals surface area (Å²) in [6.07, 6.45) is 2.85. The molecule has 0 fully saturated rings. The van der Waals surface area contributed by atoms with Gasteiger partial charge in [-0.3, -0.25) is 19.3 Å². The second-order valence-electron chi connectivity index (χ2n) is 12.0. The van der Waals surface area contributed by atoms with Gasteiger partial charge in [-0.2, -0.15) is 0 Å². The first-order valence-electron chi connectivity index (χ1n) is 16.8. The maximum absolute atomic E-state index is 13.7. The molecule has 0 saturated heterocycles. The Morgan fingerprint density at radius 1 is 0.942 bits per heavy atom. The number of thioether (sulfide) groups is 1. The monoisotopic (exact) mass is 750 g/mol. The van der Waals surface area contributed by atoms with Gasteiger partial charge >= 0.3 is 5.97 Å². The third kappa shape index (κ3) is 9.25. The van der Waals surface area contributed by atoms with Crippen LogP contribution >= 0.6 is 34.4 Å². The van der Waals surface area contributed by atoms with Crippen LogP contribution in [0.4, 0.5) is 10.7 Å². The minimum absolute atomic E-state index is 0.100. The Labute approximate surface area is 315 Å². The van der Waals surface area contributed by atoms with Crippen LogP contribution in [-0.4, -0.2) is 47.5 Å². The summed E-state index contributed by atoms with van der Waals surface area (Å²) in [6.45, 7) is 4.21. The normalized spacial score (nSPS) is 13.5. The summed E-state index contributed by atoms with van der Waals surface area (Å²) in [4.78, 5) is 58.2. The number of amides is 3. The highest BCUT2D eigenvalue weighted by Gasteiger charge is 2.30. The van der Waals surface area contributed by atoms with Gasteiger partial charge in [-0.25, -0.2) is 4.79 Å². The van der Waals surface area contributed by atoms with E-state index in [0.29, 0.717) is 41.2 Å². The zero-order chi connectivity index (χ0) is 36.5. The SMILES string of the molecule is CCC(Sc1cccc(NC(=O)/C(=C/c2cccs2)NC(=O)c2ccccc2)c1)C(=O)Nc1sc2c(c1C(=O)OC)CCN(Cc1ccccc1)C2. The molecule has 3 heterocycles. The lowest BCUT2D eigenvalue weighted by molar-refractivity contribution is -0.116. The lowest BCUT2D eigenvalue weighted by Crippen LogP contribution is -2.30. The average molecular weight is 751 g/mol. The fourth-order valence-electron chi connectivity index (χ4n) is 5.82. The molecule has 1 atom stereocenters. The maximum Gasteiger partial charge on any atom is 0.341 e. The summed E-state index contributed by atoms with van der Waals surface area (Å²) in [5, 5.41) is 10.6. The number of hydrogen-bond donors (Lipinski definition) is 3. The third-order valence-corrected chi connectivity index (χ3v) is 11.7. The number of nitrogens with one attached hydrogen (secondary N) is 3. The van der Waals surface area contributed by atoms with Gasteiger partial charge in [-0.15, -0.1) is 34.4 Å². The average Bonchev–Trinajstić information content (AvgIpc) is 3.81. The van der Waals surface area contributed by atoms with E-state index in [1.54, 1.807) is 48.5 Å². The van der Waals surface area contributed by atoms with Crippen molar-refractivity contribution in [3.8, 4) is 0 Å². The van der Waals surface area contributed by atoms with E-state index in [1.165, 1.54) is 47.1 Å². The first kappa shape index (κ1) is 36.8. The number of rotatable bonds is 13. The summed E-state index contributed by atoms with van der Waals surface area (Å²) in [5.74, 6) is -1.56. The van der Waals surface area contributed by atoms with Gasteiger partial charge in [-0.05, 0) is 71.8 Å². The molecule has 9 nitrogen and oxygen atoms in total. The minimum atomic E-state index is -0.482. The van der Waals surface area contributed by atoms with E-state index in [1.807, 2.05) is 54.8 Å². The van der Waals surface area contributed by atoms with Crippen molar-refractivity contribution in [1.29, 1.82) is 0 Å². The summed E-state index contributed by atoms with van der Waals surface area (Å²) in [6, 6.07) is 29.9. The number of hydrogen-bond acceptors (Lipinski definition) is 9.